The second-order valence-electron chi connectivity index (χ2n) is 7.12. The standard InChI is InChI=1S/C25H24BrClINO3/c1-17-4-2-3-5-21(17)25(30)22-8-7-20(15-23(22)27)29-24-9-6-19(26)14-18(24)16-32-13-12-31-11-10-28/h2-9,14-15,29H,10-13,16H2,1H3. The molecule has 0 saturated carbocycles. The number of hydrogen-bond acceptors (Lipinski definition) is 4. The topological polar surface area (TPSA) is 47.6 Å². The molecule has 0 amide bonds. The van der Waals surface area contributed by atoms with Crippen LogP contribution in [0.15, 0.2) is 65.1 Å². The van der Waals surface area contributed by atoms with Gasteiger partial charge >= 0.3 is 0 Å². The van der Waals surface area contributed by atoms with Crippen molar-refractivity contribution in [2.24, 2.45) is 0 Å². The summed E-state index contributed by atoms with van der Waals surface area (Å²) in [5, 5.41) is 3.80. The highest BCUT2D eigenvalue weighted by Crippen LogP contribution is 2.29. The van der Waals surface area contributed by atoms with Crippen molar-refractivity contribution in [3.63, 3.8) is 0 Å². The third-order valence-electron chi connectivity index (χ3n) is 4.80. The van der Waals surface area contributed by atoms with Crippen LogP contribution in [-0.2, 0) is 16.1 Å². The summed E-state index contributed by atoms with van der Waals surface area (Å²) >= 11 is 12.3. The Labute approximate surface area is 215 Å². The van der Waals surface area contributed by atoms with Gasteiger partial charge in [-0.3, -0.25) is 4.79 Å². The lowest BCUT2D eigenvalue weighted by Crippen LogP contribution is -2.07. The van der Waals surface area contributed by atoms with Gasteiger partial charge in [-0.15, -0.1) is 0 Å². The highest BCUT2D eigenvalue weighted by molar-refractivity contribution is 14.1. The van der Waals surface area contributed by atoms with E-state index in [1.165, 1.54) is 0 Å². The lowest BCUT2D eigenvalue weighted by Gasteiger charge is -2.14. The van der Waals surface area contributed by atoms with Gasteiger partial charge in [0.2, 0.25) is 0 Å². The molecule has 1 N–H and O–H groups in total. The number of anilines is 2. The average Bonchev–Trinajstić information content (AvgIpc) is 2.78. The summed E-state index contributed by atoms with van der Waals surface area (Å²) in [7, 11) is 0. The Bertz CT molecular complexity index is 1080. The second-order valence-corrected chi connectivity index (χ2v) is 9.52. The summed E-state index contributed by atoms with van der Waals surface area (Å²) in [5.74, 6) is -0.0813. The fourth-order valence-corrected chi connectivity index (χ4v) is 4.15. The van der Waals surface area contributed by atoms with Crippen LogP contribution in [-0.4, -0.2) is 30.0 Å². The van der Waals surface area contributed by atoms with E-state index < -0.39 is 0 Å². The van der Waals surface area contributed by atoms with Crippen LogP contribution < -0.4 is 5.32 Å². The molecule has 168 valence electrons. The van der Waals surface area contributed by atoms with E-state index in [2.05, 4.69) is 43.8 Å². The number of nitrogens with one attached hydrogen (secondary N) is 1. The third-order valence-corrected chi connectivity index (χ3v) is 6.05. The fraction of sp³-hybridized carbons (Fsp3) is 0.240. The number of hydrogen-bond donors (Lipinski definition) is 1. The van der Waals surface area contributed by atoms with Gasteiger partial charge in [-0.05, 0) is 48.9 Å². The first-order chi connectivity index (χ1) is 15.5. The SMILES string of the molecule is Cc1ccccc1C(=O)c1ccc(Nc2ccc(Br)cc2COCCOCCI)cc1Cl. The first-order valence-electron chi connectivity index (χ1n) is 10.2. The van der Waals surface area contributed by atoms with Crippen molar-refractivity contribution in [3.8, 4) is 0 Å². The van der Waals surface area contributed by atoms with Crippen molar-refractivity contribution < 1.29 is 14.3 Å². The number of ether oxygens (including phenoxy) is 2. The Hall–Kier alpha value is -1.45. The van der Waals surface area contributed by atoms with Gasteiger partial charge in [-0.25, -0.2) is 0 Å². The van der Waals surface area contributed by atoms with E-state index >= 15 is 0 Å². The van der Waals surface area contributed by atoms with Crippen molar-refractivity contribution in [1.82, 2.24) is 0 Å². The van der Waals surface area contributed by atoms with E-state index in [4.69, 9.17) is 21.1 Å². The minimum Gasteiger partial charge on any atom is -0.378 e. The van der Waals surface area contributed by atoms with Crippen molar-refractivity contribution in [3.05, 3.63) is 92.4 Å². The number of halogens is 3. The van der Waals surface area contributed by atoms with Crippen LogP contribution in [0.3, 0.4) is 0 Å². The van der Waals surface area contributed by atoms with Crippen LogP contribution in [0.5, 0.6) is 0 Å². The molecule has 0 atom stereocenters. The van der Waals surface area contributed by atoms with Gasteiger partial charge in [-0.2, -0.15) is 0 Å². The normalized spacial score (nSPS) is 10.9. The van der Waals surface area contributed by atoms with Gasteiger partial charge in [0.25, 0.3) is 0 Å². The molecule has 0 aliphatic carbocycles. The molecule has 0 aliphatic heterocycles. The lowest BCUT2D eigenvalue weighted by atomic mass is 9.99. The highest BCUT2D eigenvalue weighted by atomic mass is 127. The van der Waals surface area contributed by atoms with E-state index in [1.807, 2.05) is 55.5 Å². The molecule has 0 aliphatic rings. The number of benzene rings is 3. The molecule has 3 aromatic carbocycles. The molecule has 0 spiro atoms. The molecule has 3 aromatic rings. The number of rotatable bonds is 11. The molecule has 7 heteroatoms. The average molecular weight is 629 g/mol. The third kappa shape index (κ3) is 7.02. The molecule has 32 heavy (non-hydrogen) atoms. The second kappa shape index (κ2) is 12.7. The molecule has 0 heterocycles. The number of aryl methyl sites for hydroxylation is 1. The Kier molecular flexibility index (Phi) is 9.99. The maximum Gasteiger partial charge on any atom is 0.194 e. The summed E-state index contributed by atoms with van der Waals surface area (Å²) < 4.78 is 13.2. The zero-order chi connectivity index (χ0) is 22.9. The van der Waals surface area contributed by atoms with Gasteiger partial charge in [0.1, 0.15) is 0 Å². The predicted molar refractivity (Wildman–Crippen MR) is 143 cm³/mol. The quantitative estimate of drug-likeness (QED) is 0.104. The largest absolute Gasteiger partial charge is 0.378 e. The van der Waals surface area contributed by atoms with Gasteiger partial charge in [0.15, 0.2) is 5.78 Å². The Balaban J connectivity index is 1.71. The smallest absolute Gasteiger partial charge is 0.194 e. The summed E-state index contributed by atoms with van der Waals surface area (Å²) in [6.45, 7) is 4.21. The van der Waals surface area contributed by atoms with E-state index in [0.717, 1.165) is 38.0 Å². The maximum absolute atomic E-state index is 12.9. The number of carbonyl (C=O) groups excluding carboxylic acids is 1. The number of ketones is 1. The van der Waals surface area contributed by atoms with Gasteiger partial charge in [0.05, 0.1) is 31.5 Å². The number of alkyl halides is 1. The molecule has 0 unspecified atom stereocenters. The van der Waals surface area contributed by atoms with E-state index in [-0.39, 0.29) is 5.78 Å². The summed E-state index contributed by atoms with van der Waals surface area (Å²) in [5.41, 5.74) is 4.78. The van der Waals surface area contributed by atoms with Crippen LogP contribution in [0.25, 0.3) is 0 Å². The minimum atomic E-state index is -0.0813. The van der Waals surface area contributed by atoms with Crippen LogP contribution in [0.1, 0.15) is 27.0 Å². The summed E-state index contributed by atoms with van der Waals surface area (Å²) in [4.78, 5) is 12.9. The van der Waals surface area contributed by atoms with Crippen molar-refractivity contribution in [1.29, 1.82) is 0 Å². The van der Waals surface area contributed by atoms with Gasteiger partial charge in [0, 0.05) is 37.0 Å². The van der Waals surface area contributed by atoms with E-state index in [1.54, 1.807) is 12.1 Å². The van der Waals surface area contributed by atoms with E-state index in [9.17, 15) is 4.79 Å². The minimum absolute atomic E-state index is 0.0813. The Morgan fingerprint density at radius 1 is 1.00 bits per heavy atom. The maximum atomic E-state index is 12.9. The molecule has 0 bridgehead atoms. The molecule has 3 rings (SSSR count). The first kappa shape index (κ1) is 25.2. The summed E-state index contributed by atoms with van der Waals surface area (Å²) in [6, 6.07) is 18.9. The predicted octanol–water partition coefficient (Wildman–Crippen LogP) is 7.35. The molecule has 0 fully saturated rings. The fourth-order valence-electron chi connectivity index (χ4n) is 3.17. The van der Waals surface area contributed by atoms with Crippen molar-refractivity contribution in [2.75, 3.05) is 29.6 Å². The Morgan fingerprint density at radius 2 is 1.78 bits per heavy atom. The van der Waals surface area contributed by atoms with Crippen LogP contribution >= 0.6 is 50.1 Å². The van der Waals surface area contributed by atoms with Gasteiger partial charge in [-0.1, -0.05) is 74.4 Å². The van der Waals surface area contributed by atoms with Gasteiger partial charge < -0.3 is 14.8 Å². The van der Waals surface area contributed by atoms with E-state index in [0.29, 0.717) is 36.0 Å². The van der Waals surface area contributed by atoms with Crippen molar-refractivity contribution in [2.45, 2.75) is 13.5 Å². The molecule has 0 saturated heterocycles. The van der Waals surface area contributed by atoms with Crippen LogP contribution in [0, 0.1) is 6.92 Å². The zero-order valence-electron chi connectivity index (χ0n) is 17.7. The zero-order valence-corrected chi connectivity index (χ0v) is 22.2. The molecule has 4 nitrogen and oxygen atoms in total. The first-order valence-corrected chi connectivity index (χ1v) is 12.9. The lowest BCUT2D eigenvalue weighted by molar-refractivity contribution is 0.0469. The molecule has 0 radical (unpaired) electrons. The van der Waals surface area contributed by atoms with Crippen LogP contribution in [0.2, 0.25) is 5.02 Å². The number of carbonyl (C=O) groups is 1. The molecular weight excluding hydrogens is 605 g/mol. The van der Waals surface area contributed by atoms with Crippen LogP contribution in [0.4, 0.5) is 11.4 Å². The monoisotopic (exact) mass is 627 g/mol. The molecule has 0 aromatic heterocycles. The highest BCUT2D eigenvalue weighted by Gasteiger charge is 2.15. The Morgan fingerprint density at radius 3 is 2.53 bits per heavy atom. The molecular formula is C25H24BrClINO3. The van der Waals surface area contributed by atoms with Crippen molar-refractivity contribution >= 4 is 67.3 Å². The summed E-state index contributed by atoms with van der Waals surface area (Å²) in [6.07, 6.45) is 0.